The Kier molecular flexibility index (Phi) is 2.02. The Bertz CT molecular complexity index is 122. The molecule has 1 heterocycles. The van der Waals surface area contributed by atoms with Gasteiger partial charge in [-0.05, 0) is 12.8 Å². The van der Waals surface area contributed by atoms with Crippen LogP contribution in [0.5, 0.6) is 0 Å². The molecule has 0 spiro atoms. The summed E-state index contributed by atoms with van der Waals surface area (Å²) < 4.78 is 5.28. The summed E-state index contributed by atoms with van der Waals surface area (Å²) in [7, 11) is 0. The first-order valence-electron chi connectivity index (χ1n) is 3.91. The van der Waals surface area contributed by atoms with Crippen LogP contribution in [-0.4, -0.2) is 23.4 Å². The molecule has 0 saturated carbocycles. The maximum Gasteiger partial charge on any atom is 0.0949 e. The molecule has 2 atom stereocenters. The van der Waals surface area contributed by atoms with Crippen LogP contribution in [0, 0.1) is 5.92 Å². The first kappa shape index (κ1) is 8.02. The Balaban J connectivity index is 2.66. The predicted octanol–water partition coefficient (Wildman–Crippen LogP) is 1.18. The monoisotopic (exact) mass is 144 g/mol. The number of aliphatic hydroxyl groups is 1. The summed E-state index contributed by atoms with van der Waals surface area (Å²) in [6, 6.07) is 0. The van der Waals surface area contributed by atoms with Gasteiger partial charge >= 0.3 is 0 Å². The largest absolute Gasteiger partial charge is 0.387 e. The van der Waals surface area contributed by atoms with Crippen LogP contribution >= 0.6 is 0 Å². The highest BCUT2D eigenvalue weighted by atomic mass is 16.5. The number of hydrogen-bond donors (Lipinski definition) is 1. The van der Waals surface area contributed by atoms with Crippen LogP contribution in [-0.2, 0) is 4.74 Å². The van der Waals surface area contributed by atoms with Gasteiger partial charge in [0, 0.05) is 13.0 Å². The van der Waals surface area contributed by atoms with Crippen LogP contribution in [0.1, 0.15) is 27.2 Å². The molecule has 1 aliphatic rings. The third-order valence-corrected chi connectivity index (χ3v) is 2.57. The topological polar surface area (TPSA) is 29.5 Å². The Morgan fingerprint density at radius 1 is 1.60 bits per heavy atom. The zero-order valence-corrected chi connectivity index (χ0v) is 6.92. The van der Waals surface area contributed by atoms with Crippen molar-refractivity contribution in [1.29, 1.82) is 0 Å². The lowest BCUT2D eigenvalue weighted by Gasteiger charge is -2.29. The van der Waals surface area contributed by atoms with Crippen molar-refractivity contribution in [2.75, 3.05) is 6.61 Å². The third-order valence-electron chi connectivity index (χ3n) is 2.57. The highest BCUT2D eigenvalue weighted by molar-refractivity contribution is 4.91. The fourth-order valence-corrected chi connectivity index (χ4v) is 1.50. The fraction of sp³-hybridized carbons (Fsp3) is 1.00. The molecule has 0 amide bonds. The molecule has 1 fully saturated rings. The van der Waals surface area contributed by atoms with E-state index in [0.29, 0.717) is 12.5 Å². The SMILES string of the molecule is CC(C)C1(O)CCOC1C. The first-order chi connectivity index (χ1) is 4.57. The number of hydrogen-bond acceptors (Lipinski definition) is 2. The van der Waals surface area contributed by atoms with Crippen LogP contribution in [0.25, 0.3) is 0 Å². The molecule has 0 aromatic rings. The molecule has 10 heavy (non-hydrogen) atoms. The van der Waals surface area contributed by atoms with Gasteiger partial charge in [0.05, 0.1) is 11.7 Å². The van der Waals surface area contributed by atoms with E-state index in [1.54, 1.807) is 0 Å². The van der Waals surface area contributed by atoms with Gasteiger partial charge < -0.3 is 9.84 Å². The van der Waals surface area contributed by atoms with Crippen molar-refractivity contribution in [3.8, 4) is 0 Å². The number of rotatable bonds is 1. The second-order valence-corrected chi connectivity index (χ2v) is 3.41. The van der Waals surface area contributed by atoms with E-state index in [0.717, 1.165) is 6.42 Å². The second kappa shape index (κ2) is 2.51. The molecule has 0 aromatic heterocycles. The second-order valence-electron chi connectivity index (χ2n) is 3.41. The molecular formula is C8H16O2. The van der Waals surface area contributed by atoms with E-state index in [1.807, 2.05) is 20.8 Å². The van der Waals surface area contributed by atoms with Crippen LogP contribution in [0.2, 0.25) is 0 Å². The fourth-order valence-electron chi connectivity index (χ4n) is 1.50. The van der Waals surface area contributed by atoms with Crippen molar-refractivity contribution in [1.82, 2.24) is 0 Å². The standard InChI is InChI=1S/C8H16O2/c1-6(2)8(9)4-5-10-7(8)3/h6-7,9H,4-5H2,1-3H3. The van der Waals surface area contributed by atoms with E-state index >= 15 is 0 Å². The lowest BCUT2D eigenvalue weighted by molar-refractivity contribution is -0.0592. The van der Waals surface area contributed by atoms with Gasteiger partial charge in [-0.25, -0.2) is 0 Å². The molecule has 2 nitrogen and oxygen atoms in total. The van der Waals surface area contributed by atoms with E-state index in [-0.39, 0.29) is 6.10 Å². The van der Waals surface area contributed by atoms with E-state index in [4.69, 9.17) is 4.74 Å². The smallest absolute Gasteiger partial charge is 0.0949 e. The highest BCUT2D eigenvalue weighted by Gasteiger charge is 2.41. The van der Waals surface area contributed by atoms with Gasteiger partial charge in [0.2, 0.25) is 0 Å². The summed E-state index contributed by atoms with van der Waals surface area (Å²) in [6.07, 6.45) is 0.791. The average molecular weight is 144 g/mol. The van der Waals surface area contributed by atoms with E-state index in [2.05, 4.69) is 0 Å². The minimum atomic E-state index is -0.569. The normalized spacial score (nSPS) is 41.1. The Labute approximate surface area is 62.2 Å². The van der Waals surface area contributed by atoms with Gasteiger partial charge in [-0.1, -0.05) is 13.8 Å². The Hall–Kier alpha value is -0.0800. The van der Waals surface area contributed by atoms with Gasteiger partial charge in [-0.2, -0.15) is 0 Å². The third kappa shape index (κ3) is 1.06. The quantitative estimate of drug-likeness (QED) is 0.599. The summed E-state index contributed by atoms with van der Waals surface area (Å²) in [5, 5.41) is 9.91. The van der Waals surface area contributed by atoms with E-state index in [9.17, 15) is 5.11 Å². The first-order valence-corrected chi connectivity index (χ1v) is 3.91. The molecule has 2 heteroatoms. The predicted molar refractivity (Wildman–Crippen MR) is 39.8 cm³/mol. The van der Waals surface area contributed by atoms with Crippen molar-refractivity contribution in [3.63, 3.8) is 0 Å². The summed E-state index contributed by atoms with van der Waals surface area (Å²) in [5.74, 6) is 0.296. The Morgan fingerprint density at radius 3 is 2.40 bits per heavy atom. The van der Waals surface area contributed by atoms with E-state index in [1.165, 1.54) is 0 Å². The van der Waals surface area contributed by atoms with Crippen LogP contribution in [0.4, 0.5) is 0 Å². The van der Waals surface area contributed by atoms with Crippen LogP contribution in [0.15, 0.2) is 0 Å². The lowest BCUT2D eigenvalue weighted by atomic mass is 9.85. The molecule has 1 rings (SSSR count). The highest BCUT2D eigenvalue weighted by Crippen LogP contribution is 2.32. The molecule has 60 valence electrons. The van der Waals surface area contributed by atoms with Crippen LogP contribution in [0.3, 0.4) is 0 Å². The van der Waals surface area contributed by atoms with Crippen molar-refractivity contribution in [2.24, 2.45) is 5.92 Å². The molecule has 1 saturated heterocycles. The molecule has 0 aliphatic carbocycles. The molecular weight excluding hydrogens is 128 g/mol. The van der Waals surface area contributed by atoms with Gasteiger partial charge in [-0.15, -0.1) is 0 Å². The van der Waals surface area contributed by atoms with Crippen molar-refractivity contribution in [3.05, 3.63) is 0 Å². The average Bonchev–Trinajstić information content (AvgIpc) is 2.15. The van der Waals surface area contributed by atoms with Crippen molar-refractivity contribution in [2.45, 2.75) is 38.9 Å². The van der Waals surface area contributed by atoms with Gasteiger partial charge in [0.15, 0.2) is 0 Å². The molecule has 0 bridgehead atoms. The summed E-state index contributed by atoms with van der Waals surface area (Å²) in [5.41, 5.74) is -0.569. The maximum absolute atomic E-state index is 9.91. The molecule has 1 N–H and O–H groups in total. The molecule has 1 aliphatic heterocycles. The zero-order chi connectivity index (χ0) is 7.78. The van der Waals surface area contributed by atoms with E-state index < -0.39 is 5.60 Å². The lowest BCUT2D eigenvalue weighted by Crippen LogP contribution is -2.41. The number of ether oxygens (including phenoxy) is 1. The van der Waals surface area contributed by atoms with Crippen LogP contribution < -0.4 is 0 Å². The van der Waals surface area contributed by atoms with Crippen molar-refractivity contribution >= 4 is 0 Å². The minimum absolute atomic E-state index is 0.00694. The maximum atomic E-state index is 9.91. The van der Waals surface area contributed by atoms with Gasteiger partial charge in [0.1, 0.15) is 0 Å². The zero-order valence-electron chi connectivity index (χ0n) is 6.92. The summed E-state index contributed by atoms with van der Waals surface area (Å²) in [4.78, 5) is 0. The summed E-state index contributed by atoms with van der Waals surface area (Å²) in [6.45, 7) is 6.71. The van der Waals surface area contributed by atoms with Gasteiger partial charge in [0.25, 0.3) is 0 Å². The summed E-state index contributed by atoms with van der Waals surface area (Å²) >= 11 is 0. The Morgan fingerprint density at radius 2 is 2.20 bits per heavy atom. The van der Waals surface area contributed by atoms with Gasteiger partial charge in [-0.3, -0.25) is 0 Å². The minimum Gasteiger partial charge on any atom is -0.387 e. The molecule has 2 unspecified atom stereocenters. The molecule has 0 radical (unpaired) electrons. The van der Waals surface area contributed by atoms with Crippen molar-refractivity contribution < 1.29 is 9.84 Å². The molecule has 0 aromatic carbocycles.